The van der Waals surface area contributed by atoms with Crippen LogP contribution in [0.2, 0.25) is 0 Å². The van der Waals surface area contributed by atoms with Crippen LogP contribution in [0.15, 0.2) is 59.6 Å². The normalized spacial score (nSPS) is 14.9. The predicted octanol–water partition coefficient (Wildman–Crippen LogP) is 3.75. The van der Waals surface area contributed by atoms with Crippen molar-refractivity contribution in [3.63, 3.8) is 0 Å². The molecule has 0 radical (unpaired) electrons. The summed E-state index contributed by atoms with van der Waals surface area (Å²) in [6.07, 6.45) is 3.35. The molecule has 2 aromatic carbocycles. The summed E-state index contributed by atoms with van der Waals surface area (Å²) in [5.41, 5.74) is 2.80. The van der Waals surface area contributed by atoms with Gasteiger partial charge in [0.15, 0.2) is 5.96 Å². The van der Waals surface area contributed by atoms with E-state index in [4.69, 9.17) is 4.74 Å². The number of rotatable bonds is 7. The predicted molar refractivity (Wildman–Crippen MR) is 119 cm³/mol. The molecule has 3 rings (SSSR count). The van der Waals surface area contributed by atoms with Gasteiger partial charge in [0.25, 0.3) is 0 Å². The first-order chi connectivity index (χ1) is 12.3. The molecule has 0 amide bonds. The van der Waals surface area contributed by atoms with Gasteiger partial charge in [0, 0.05) is 31.1 Å². The van der Waals surface area contributed by atoms with Gasteiger partial charge in [-0.2, -0.15) is 0 Å². The lowest BCUT2D eigenvalue weighted by molar-refractivity contribution is 0.403. The molecule has 0 aliphatic heterocycles. The van der Waals surface area contributed by atoms with E-state index in [1.807, 2.05) is 25.2 Å². The van der Waals surface area contributed by atoms with E-state index < -0.39 is 0 Å². The van der Waals surface area contributed by atoms with Crippen LogP contribution in [0.5, 0.6) is 5.75 Å². The molecule has 4 nitrogen and oxygen atoms in total. The highest BCUT2D eigenvalue weighted by Crippen LogP contribution is 2.50. The molecule has 1 aliphatic rings. The third-order valence-electron chi connectivity index (χ3n) is 4.90. The first-order valence-corrected chi connectivity index (χ1v) is 8.89. The van der Waals surface area contributed by atoms with Crippen molar-refractivity contribution in [2.24, 2.45) is 4.99 Å². The van der Waals surface area contributed by atoms with Gasteiger partial charge < -0.3 is 15.4 Å². The van der Waals surface area contributed by atoms with E-state index in [0.717, 1.165) is 31.2 Å². The highest BCUT2D eigenvalue weighted by molar-refractivity contribution is 14.0. The number of aliphatic imine (C=N–C) groups is 1. The van der Waals surface area contributed by atoms with Crippen molar-refractivity contribution >= 4 is 29.9 Å². The Bertz CT molecular complexity index is 714. The molecule has 0 spiro atoms. The van der Waals surface area contributed by atoms with Gasteiger partial charge in [-0.3, -0.25) is 4.99 Å². The second kappa shape index (κ2) is 9.80. The molecule has 1 aliphatic carbocycles. The summed E-state index contributed by atoms with van der Waals surface area (Å²) < 4.78 is 5.55. The SMILES string of the molecule is CN=C(NCCc1ccccc1)NCC1(c2ccccc2OC)CC1.I. The van der Waals surface area contributed by atoms with Crippen LogP contribution in [0.25, 0.3) is 0 Å². The number of nitrogens with zero attached hydrogens (tertiary/aromatic N) is 1. The summed E-state index contributed by atoms with van der Waals surface area (Å²) in [6.45, 7) is 1.74. The van der Waals surface area contributed by atoms with Crippen LogP contribution in [-0.4, -0.2) is 33.2 Å². The smallest absolute Gasteiger partial charge is 0.191 e. The van der Waals surface area contributed by atoms with Gasteiger partial charge in [-0.05, 0) is 30.9 Å². The molecule has 1 saturated carbocycles. The van der Waals surface area contributed by atoms with E-state index in [1.54, 1.807) is 7.11 Å². The van der Waals surface area contributed by atoms with Gasteiger partial charge in [0.05, 0.1) is 7.11 Å². The molecule has 5 heteroatoms. The highest BCUT2D eigenvalue weighted by atomic mass is 127. The van der Waals surface area contributed by atoms with E-state index >= 15 is 0 Å². The topological polar surface area (TPSA) is 45.7 Å². The molecule has 26 heavy (non-hydrogen) atoms. The van der Waals surface area contributed by atoms with Crippen molar-refractivity contribution in [3.05, 3.63) is 65.7 Å². The number of ether oxygens (including phenoxy) is 1. The molecular formula is C21H28IN3O. The summed E-state index contributed by atoms with van der Waals surface area (Å²) in [7, 11) is 3.56. The number of methoxy groups -OCH3 is 1. The Labute approximate surface area is 173 Å². The third-order valence-corrected chi connectivity index (χ3v) is 4.90. The monoisotopic (exact) mass is 465 g/mol. The van der Waals surface area contributed by atoms with Crippen molar-refractivity contribution in [1.82, 2.24) is 10.6 Å². The number of hydrogen-bond acceptors (Lipinski definition) is 2. The van der Waals surface area contributed by atoms with Crippen molar-refractivity contribution < 1.29 is 4.74 Å². The molecule has 140 valence electrons. The zero-order valence-electron chi connectivity index (χ0n) is 15.5. The Morgan fingerprint density at radius 2 is 1.73 bits per heavy atom. The minimum absolute atomic E-state index is 0. The molecule has 0 aromatic heterocycles. The molecule has 0 saturated heterocycles. The van der Waals surface area contributed by atoms with Crippen molar-refractivity contribution in [2.75, 3.05) is 27.2 Å². The largest absolute Gasteiger partial charge is 0.496 e. The van der Waals surface area contributed by atoms with Crippen LogP contribution >= 0.6 is 24.0 Å². The number of nitrogens with one attached hydrogen (secondary N) is 2. The van der Waals surface area contributed by atoms with E-state index in [9.17, 15) is 0 Å². The molecule has 0 bridgehead atoms. The maximum atomic E-state index is 5.55. The van der Waals surface area contributed by atoms with Crippen LogP contribution in [-0.2, 0) is 11.8 Å². The lowest BCUT2D eigenvalue weighted by Crippen LogP contribution is -2.42. The molecule has 1 fully saturated rings. The van der Waals surface area contributed by atoms with Gasteiger partial charge in [-0.1, -0.05) is 48.5 Å². The zero-order chi connectivity index (χ0) is 17.5. The second-order valence-electron chi connectivity index (χ2n) is 6.57. The standard InChI is InChI=1S/C21H27N3O.HI/c1-22-20(23-15-12-17-8-4-3-5-9-17)24-16-21(13-14-21)18-10-6-7-11-19(18)25-2;/h3-11H,12-16H2,1-2H3,(H2,22,23,24);1H. The van der Waals surface area contributed by atoms with E-state index in [1.165, 1.54) is 24.0 Å². The van der Waals surface area contributed by atoms with E-state index in [0.29, 0.717) is 0 Å². The van der Waals surface area contributed by atoms with Gasteiger partial charge >= 0.3 is 0 Å². The zero-order valence-corrected chi connectivity index (χ0v) is 17.8. The van der Waals surface area contributed by atoms with Crippen LogP contribution in [0.1, 0.15) is 24.0 Å². The first-order valence-electron chi connectivity index (χ1n) is 8.89. The number of benzene rings is 2. The molecule has 0 atom stereocenters. The van der Waals surface area contributed by atoms with Gasteiger partial charge in [-0.25, -0.2) is 0 Å². The number of guanidine groups is 1. The minimum atomic E-state index is 0. The van der Waals surface area contributed by atoms with Crippen molar-refractivity contribution in [1.29, 1.82) is 0 Å². The average Bonchev–Trinajstić information content (AvgIpc) is 3.46. The molecular weight excluding hydrogens is 437 g/mol. The average molecular weight is 465 g/mol. The Morgan fingerprint density at radius 3 is 2.38 bits per heavy atom. The summed E-state index contributed by atoms with van der Waals surface area (Å²) in [5.74, 6) is 1.84. The van der Waals surface area contributed by atoms with E-state index in [2.05, 4.69) is 52.0 Å². The fourth-order valence-corrected chi connectivity index (χ4v) is 3.22. The summed E-state index contributed by atoms with van der Waals surface area (Å²) in [4.78, 5) is 4.35. The third kappa shape index (κ3) is 5.13. The van der Waals surface area contributed by atoms with Gasteiger partial charge in [0.2, 0.25) is 0 Å². The second-order valence-corrected chi connectivity index (χ2v) is 6.57. The van der Waals surface area contributed by atoms with Gasteiger partial charge in [-0.15, -0.1) is 24.0 Å². The number of hydrogen-bond donors (Lipinski definition) is 2. The van der Waals surface area contributed by atoms with Crippen LogP contribution in [0.4, 0.5) is 0 Å². The maximum Gasteiger partial charge on any atom is 0.191 e. The van der Waals surface area contributed by atoms with E-state index in [-0.39, 0.29) is 29.4 Å². The summed E-state index contributed by atoms with van der Waals surface area (Å²) in [5, 5.41) is 6.90. The summed E-state index contributed by atoms with van der Waals surface area (Å²) in [6, 6.07) is 18.8. The minimum Gasteiger partial charge on any atom is -0.496 e. The highest BCUT2D eigenvalue weighted by Gasteiger charge is 2.45. The Balaban J connectivity index is 0.00000243. The maximum absolute atomic E-state index is 5.55. The Hall–Kier alpha value is -1.76. The first kappa shape index (κ1) is 20.6. The molecule has 2 aromatic rings. The number of para-hydroxylation sites is 1. The fourth-order valence-electron chi connectivity index (χ4n) is 3.22. The lowest BCUT2D eigenvalue weighted by atomic mass is 9.95. The van der Waals surface area contributed by atoms with Crippen molar-refractivity contribution in [2.45, 2.75) is 24.7 Å². The lowest BCUT2D eigenvalue weighted by Gasteiger charge is -2.21. The number of halogens is 1. The Kier molecular flexibility index (Phi) is 7.75. The van der Waals surface area contributed by atoms with Crippen molar-refractivity contribution in [3.8, 4) is 5.75 Å². The van der Waals surface area contributed by atoms with Crippen LogP contribution in [0, 0.1) is 0 Å². The van der Waals surface area contributed by atoms with Crippen LogP contribution < -0.4 is 15.4 Å². The summed E-state index contributed by atoms with van der Waals surface area (Å²) >= 11 is 0. The Morgan fingerprint density at radius 1 is 1.04 bits per heavy atom. The molecule has 2 N–H and O–H groups in total. The fraction of sp³-hybridized carbons (Fsp3) is 0.381. The van der Waals surface area contributed by atoms with Crippen LogP contribution in [0.3, 0.4) is 0 Å². The molecule has 0 unspecified atom stereocenters. The molecule has 0 heterocycles. The van der Waals surface area contributed by atoms with Gasteiger partial charge in [0.1, 0.15) is 5.75 Å². The quantitative estimate of drug-likeness (QED) is 0.372.